The fourth-order valence-electron chi connectivity index (χ4n) is 3.47. The minimum Gasteiger partial charge on any atom is -0.365 e. The van der Waals surface area contributed by atoms with Crippen molar-refractivity contribution in [3.63, 3.8) is 0 Å². The molecule has 0 saturated carbocycles. The molecule has 5 nitrogen and oxygen atoms in total. The van der Waals surface area contributed by atoms with Crippen molar-refractivity contribution in [1.82, 2.24) is 14.7 Å². The van der Waals surface area contributed by atoms with Gasteiger partial charge in [0.1, 0.15) is 11.4 Å². The zero-order valence-corrected chi connectivity index (χ0v) is 17.4. The van der Waals surface area contributed by atoms with Crippen LogP contribution in [0.5, 0.6) is 0 Å². The fraction of sp³-hybridized carbons (Fsp3) is 0.429. The molecule has 1 aliphatic carbocycles. The van der Waals surface area contributed by atoms with Crippen molar-refractivity contribution in [1.29, 1.82) is 0 Å². The number of carbonyl (C=O) groups is 2. The first-order valence-electron chi connectivity index (χ1n) is 9.50. The van der Waals surface area contributed by atoms with Gasteiger partial charge in [-0.3, -0.25) is 9.59 Å². The van der Waals surface area contributed by atoms with Crippen molar-refractivity contribution < 1.29 is 9.59 Å². The van der Waals surface area contributed by atoms with Crippen LogP contribution in [-0.2, 0) is 9.59 Å². The summed E-state index contributed by atoms with van der Waals surface area (Å²) < 4.78 is 0. The smallest absolute Gasteiger partial charge is 0.227 e. The summed E-state index contributed by atoms with van der Waals surface area (Å²) in [5.41, 5.74) is 5.96. The standard InChI is InChI=1S/C12H13N3O2.C9H13P/c16-9-7-8(13-1-2-13)12(17)11(15-5-6-15)10(9)14-3-4-14;1-6-4-7(2)9(10)8(3)5-6/h7H,1-6H2;4-5H,10H2,1-3H3. The maximum atomic E-state index is 12.4. The van der Waals surface area contributed by atoms with Crippen molar-refractivity contribution in [2.45, 2.75) is 20.8 Å². The van der Waals surface area contributed by atoms with E-state index >= 15 is 0 Å². The zero-order valence-electron chi connectivity index (χ0n) is 16.2. The third kappa shape index (κ3) is 3.79. The lowest BCUT2D eigenvalue weighted by molar-refractivity contribution is -0.117. The topological polar surface area (TPSA) is 43.2 Å². The molecule has 4 aliphatic rings. The van der Waals surface area contributed by atoms with E-state index in [4.69, 9.17) is 0 Å². The minimum atomic E-state index is 0.00546. The molecule has 5 rings (SSSR count). The molecule has 0 amide bonds. The molecule has 3 saturated heterocycles. The fourth-order valence-corrected chi connectivity index (χ4v) is 3.63. The van der Waals surface area contributed by atoms with Gasteiger partial charge in [-0.25, -0.2) is 0 Å². The molecule has 1 atom stereocenters. The predicted octanol–water partition coefficient (Wildman–Crippen LogP) is 1.29. The summed E-state index contributed by atoms with van der Waals surface area (Å²) in [5, 5.41) is 1.34. The Morgan fingerprint density at radius 1 is 0.778 bits per heavy atom. The van der Waals surface area contributed by atoms with Crippen LogP contribution in [0.15, 0.2) is 35.3 Å². The molecule has 0 N–H and O–H groups in total. The Morgan fingerprint density at radius 2 is 1.26 bits per heavy atom. The monoisotopic (exact) mass is 383 g/mol. The molecule has 1 unspecified atom stereocenters. The molecule has 3 fully saturated rings. The van der Waals surface area contributed by atoms with E-state index in [1.807, 2.05) is 14.7 Å². The van der Waals surface area contributed by atoms with Gasteiger partial charge in [-0.2, -0.15) is 0 Å². The average Bonchev–Trinajstić information content (AvgIpc) is 3.48. The number of carbonyl (C=O) groups excluding carboxylic acids is 2. The van der Waals surface area contributed by atoms with Crippen molar-refractivity contribution in [2.75, 3.05) is 39.3 Å². The van der Waals surface area contributed by atoms with Crippen LogP contribution >= 0.6 is 9.24 Å². The molecule has 0 bridgehead atoms. The first-order chi connectivity index (χ1) is 12.9. The second-order valence-electron chi connectivity index (χ2n) is 7.69. The maximum Gasteiger partial charge on any atom is 0.227 e. The second-order valence-corrected chi connectivity index (χ2v) is 8.27. The summed E-state index contributed by atoms with van der Waals surface area (Å²) in [6.07, 6.45) is 1.52. The number of hydrogen-bond donors (Lipinski definition) is 0. The number of hydrogen-bond acceptors (Lipinski definition) is 5. The lowest BCUT2D eigenvalue weighted by Crippen LogP contribution is -2.29. The highest BCUT2D eigenvalue weighted by Crippen LogP contribution is 2.33. The number of ketones is 2. The van der Waals surface area contributed by atoms with Gasteiger partial charge < -0.3 is 14.7 Å². The Morgan fingerprint density at radius 3 is 1.74 bits per heavy atom. The van der Waals surface area contributed by atoms with Crippen LogP contribution in [0.2, 0.25) is 0 Å². The second kappa shape index (κ2) is 6.79. The van der Waals surface area contributed by atoms with Crippen LogP contribution < -0.4 is 5.30 Å². The van der Waals surface area contributed by atoms with Gasteiger partial charge in [-0.15, -0.1) is 9.24 Å². The van der Waals surface area contributed by atoms with Crippen LogP contribution in [0.4, 0.5) is 0 Å². The van der Waals surface area contributed by atoms with Crippen LogP contribution in [0.25, 0.3) is 0 Å². The Bertz CT molecular complexity index is 868. The molecule has 6 heteroatoms. The van der Waals surface area contributed by atoms with Gasteiger partial charge in [-0.05, 0) is 37.2 Å². The summed E-state index contributed by atoms with van der Waals surface area (Å²) in [5.74, 6) is 0.0485. The Kier molecular flexibility index (Phi) is 4.59. The van der Waals surface area contributed by atoms with Crippen molar-refractivity contribution in [3.8, 4) is 0 Å². The Balaban J connectivity index is 0.000000155. The molecule has 0 radical (unpaired) electrons. The molecule has 27 heavy (non-hydrogen) atoms. The normalized spacial score (nSPS) is 20.4. The number of allylic oxidation sites excluding steroid dienone is 1. The number of nitrogens with zero attached hydrogens (tertiary/aromatic N) is 3. The zero-order chi connectivity index (χ0) is 19.3. The van der Waals surface area contributed by atoms with E-state index < -0.39 is 0 Å². The summed E-state index contributed by atoms with van der Waals surface area (Å²) in [7, 11) is 2.77. The van der Waals surface area contributed by atoms with Gasteiger partial charge in [0.15, 0.2) is 0 Å². The van der Waals surface area contributed by atoms with Gasteiger partial charge in [0.05, 0.1) is 5.70 Å². The number of benzene rings is 1. The van der Waals surface area contributed by atoms with Gasteiger partial charge in [-0.1, -0.05) is 17.7 Å². The van der Waals surface area contributed by atoms with E-state index in [0.717, 1.165) is 39.3 Å². The van der Waals surface area contributed by atoms with Crippen LogP contribution in [0.3, 0.4) is 0 Å². The third-order valence-electron chi connectivity index (χ3n) is 5.23. The quantitative estimate of drug-likeness (QED) is 0.447. The number of aryl methyl sites for hydroxylation is 3. The molecule has 3 heterocycles. The van der Waals surface area contributed by atoms with Crippen molar-refractivity contribution in [3.05, 3.63) is 52.0 Å². The average molecular weight is 383 g/mol. The molecular formula is C21H26N3O2P. The first-order valence-corrected chi connectivity index (χ1v) is 10.1. The van der Waals surface area contributed by atoms with Crippen LogP contribution in [0, 0.1) is 20.8 Å². The minimum absolute atomic E-state index is 0.00546. The number of rotatable bonds is 3. The summed E-state index contributed by atoms with van der Waals surface area (Å²) in [6.45, 7) is 11.8. The van der Waals surface area contributed by atoms with Crippen LogP contribution in [0.1, 0.15) is 16.7 Å². The lowest BCUT2D eigenvalue weighted by atomic mass is 10.0. The molecule has 0 aromatic heterocycles. The summed E-state index contributed by atoms with van der Waals surface area (Å²) in [4.78, 5) is 30.5. The van der Waals surface area contributed by atoms with E-state index in [-0.39, 0.29) is 11.6 Å². The van der Waals surface area contributed by atoms with E-state index in [0.29, 0.717) is 17.1 Å². The number of Topliss-reactive ketones (excluding diaryl/α,β-unsaturated/α-hetero) is 1. The molecule has 0 spiro atoms. The van der Waals surface area contributed by atoms with Crippen molar-refractivity contribution >= 4 is 26.1 Å². The maximum absolute atomic E-state index is 12.4. The SMILES string of the molecule is Cc1cc(C)c(P)c(C)c1.O=C1C=C(N2CC2)C(=O)C(N2CC2)=C1N1CC1. The first kappa shape index (κ1) is 18.2. The summed E-state index contributed by atoms with van der Waals surface area (Å²) >= 11 is 0. The van der Waals surface area contributed by atoms with E-state index in [1.165, 1.54) is 28.1 Å². The molecule has 1 aromatic rings. The van der Waals surface area contributed by atoms with Gasteiger partial charge >= 0.3 is 0 Å². The molecular weight excluding hydrogens is 357 g/mol. The van der Waals surface area contributed by atoms with Gasteiger partial charge in [0.2, 0.25) is 11.6 Å². The van der Waals surface area contributed by atoms with Gasteiger partial charge in [0.25, 0.3) is 0 Å². The molecule has 1 aromatic carbocycles. The molecule has 142 valence electrons. The molecule has 3 aliphatic heterocycles. The van der Waals surface area contributed by atoms with E-state index in [2.05, 4.69) is 42.1 Å². The van der Waals surface area contributed by atoms with Gasteiger partial charge in [0, 0.05) is 45.3 Å². The largest absolute Gasteiger partial charge is 0.365 e. The van der Waals surface area contributed by atoms with Crippen LogP contribution in [-0.4, -0.2) is 65.5 Å². The van der Waals surface area contributed by atoms with E-state index in [1.54, 1.807) is 0 Å². The highest BCUT2D eigenvalue weighted by molar-refractivity contribution is 7.27. The highest BCUT2D eigenvalue weighted by Gasteiger charge is 2.43. The highest BCUT2D eigenvalue weighted by atomic mass is 31.0. The van der Waals surface area contributed by atoms with E-state index in [9.17, 15) is 9.59 Å². The Labute approximate surface area is 162 Å². The third-order valence-corrected chi connectivity index (χ3v) is 6.14. The summed E-state index contributed by atoms with van der Waals surface area (Å²) in [6, 6.07) is 4.41. The lowest BCUT2D eigenvalue weighted by Gasteiger charge is -2.21. The predicted molar refractivity (Wildman–Crippen MR) is 110 cm³/mol. The Hall–Kier alpha value is -2.13. The van der Waals surface area contributed by atoms with Crippen molar-refractivity contribution in [2.24, 2.45) is 0 Å².